The number of aliphatic hydroxyl groups is 2. The van der Waals surface area contributed by atoms with Gasteiger partial charge < -0.3 is 20.1 Å². The molecule has 3 N–H and O–H groups in total. The SMILES string of the molecule is CCC(CC)(c1ccc(C#CC2(O)CCC2)c(C)c1)c1ccc(OC[C@@H](O)CCC(=O)O)c(C)c1. The van der Waals surface area contributed by atoms with Crippen LogP contribution in [0.3, 0.4) is 0 Å². The summed E-state index contributed by atoms with van der Waals surface area (Å²) in [5.41, 5.74) is 4.52. The Morgan fingerprint density at radius 3 is 2.23 bits per heavy atom. The summed E-state index contributed by atoms with van der Waals surface area (Å²) in [7, 11) is 0. The molecule has 0 bridgehead atoms. The zero-order chi connectivity index (χ0) is 25.6. The molecule has 0 radical (unpaired) electrons. The van der Waals surface area contributed by atoms with Crippen molar-refractivity contribution in [3.05, 3.63) is 64.2 Å². The monoisotopic (exact) mass is 478 g/mol. The lowest BCUT2D eigenvalue weighted by atomic mass is 9.70. The van der Waals surface area contributed by atoms with E-state index in [1.54, 1.807) is 0 Å². The van der Waals surface area contributed by atoms with Crippen LogP contribution in [-0.2, 0) is 10.2 Å². The number of rotatable bonds is 10. The molecule has 1 aliphatic rings. The minimum atomic E-state index is -0.925. The van der Waals surface area contributed by atoms with Gasteiger partial charge in [-0.1, -0.05) is 50.0 Å². The highest BCUT2D eigenvalue weighted by Gasteiger charge is 2.33. The summed E-state index contributed by atoms with van der Waals surface area (Å²) in [4.78, 5) is 10.7. The number of hydrogen-bond donors (Lipinski definition) is 3. The van der Waals surface area contributed by atoms with Crippen LogP contribution in [0, 0.1) is 25.7 Å². The van der Waals surface area contributed by atoms with Crippen LogP contribution in [0.1, 0.15) is 86.6 Å². The van der Waals surface area contributed by atoms with Crippen LogP contribution in [0.25, 0.3) is 0 Å². The van der Waals surface area contributed by atoms with E-state index in [2.05, 4.69) is 62.9 Å². The maximum absolute atomic E-state index is 10.7. The molecule has 1 saturated carbocycles. The molecule has 0 saturated heterocycles. The number of benzene rings is 2. The second kappa shape index (κ2) is 11.3. The van der Waals surface area contributed by atoms with Gasteiger partial charge in [-0.2, -0.15) is 0 Å². The molecule has 5 heteroatoms. The molecule has 3 rings (SSSR count). The lowest BCUT2D eigenvalue weighted by Gasteiger charge is -2.34. The van der Waals surface area contributed by atoms with Gasteiger partial charge in [0.2, 0.25) is 0 Å². The van der Waals surface area contributed by atoms with Crippen molar-refractivity contribution in [1.29, 1.82) is 0 Å². The summed E-state index contributed by atoms with van der Waals surface area (Å²) in [6.07, 6.45) is 3.68. The first kappa shape index (κ1) is 26.8. The van der Waals surface area contributed by atoms with Gasteiger partial charge in [0.1, 0.15) is 18.0 Å². The van der Waals surface area contributed by atoms with Crippen molar-refractivity contribution in [3.63, 3.8) is 0 Å². The number of aliphatic hydroxyl groups excluding tert-OH is 1. The van der Waals surface area contributed by atoms with Gasteiger partial charge in [-0.05, 0) is 86.8 Å². The largest absolute Gasteiger partial charge is 0.491 e. The lowest BCUT2D eigenvalue weighted by Crippen LogP contribution is -2.34. The van der Waals surface area contributed by atoms with Gasteiger partial charge in [0, 0.05) is 17.4 Å². The van der Waals surface area contributed by atoms with Crippen molar-refractivity contribution in [3.8, 4) is 17.6 Å². The normalized spacial score (nSPS) is 15.5. The van der Waals surface area contributed by atoms with Crippen LogP contribution in [0.15, 0.2) is 36.4 Å². The van der Waals surface area contributed by atoms with Crippen LogP contribution >= 0.6 is 0 Å². The van der Waals surface area contributed by atoms with E-state index in [4.69, 9.17) is 9.84 Å². The molecule has 1 atom stereocenters. The van der Waals surface area contributed by atoms with Gasteiger partial charge in [-0.3, -0.25) is 4.79 Å². The maximum Gasteiger partial charge on any atom is 0.303 e. The number of carboxylic acids is 1. The third-order valence-electron chi connectivity index (χ3n) is 7.45. The molecule has 1 aliphatic carbocycles. The van der Waals surface area contributed by atoms with E-state index >= 15 is 0 Å². The Morgan fingerprint density at radius 1 is 1.09 bits per heavy atom. The number of carbonyl (C=O) groups is 1. The van der Waals surface area contributed by atoms with Crippen molar-refractivity contribution in [1.82, 2.24) is 0 Å². The molecule has 0 aromatic heterocycles. The Kier molecular flexibility index (Phi) is 8.64. The molecule has 5 nitrogen and oxygen atoms in total. The molecule has 0 spiro atoms. The van der Waals surface area contributed by atoms with Crippen LogP contribution in [0.5, 0.6) is 5.75 Å². The van der Waals surface area contributed by atoms with E-state index in [-0.39, 0.29) is 24.9 Å². The van der Waals surface area contributed by atoms with Crippen molar-refractivity contribution in [2.24, 2.45) is 0 Å². The highest BCUT2D eigenvalue weighted by molar-refractivity contribution is 5.66. The van der Waals surface area contributed by atoms with Gasteiger partial charge in [0.15, 0.2) is 0 Å². The van der Waals surface area contributed by atoms with Crippen LogP contribution in [0.4, 0.5) is 0 Å². The molecule has 188 valence electrons. The second-order valence-electron chi connectivity index (χ2n) is 9.83. The molecule has 2 aromatic rings. The number of carboxylic acid groups (broad SMARTS) is 1. The van der Waals surface area contributed by atoms with E-state index in [0.29, 0.717) is 5.75 Å². The Bertz CT molecular complexity index is 1100. The summed E-state index contributed by atoms with van der Waals surface area (Å²) >= 11 is 0. The quantitative estimate of drug-likeness (QED) is 0.405. The number of aliphatic carboxylic acids is 1. The van der Waals surface area contributed by atoms with E-state index in [1.165, 1.54) is 11.1 Å². The highest BCUT2D eigenvalue weighted by Crippen LogP contribution is 2.41. The first-order valence-corrected chi connectivity index (χ1v) is 12.6. The Morgan fingerprint density at radius 2 is 1.71 bits per heavy atom. The van der Waals surface area contributed by atoms with E-state index < -0.39 is 17.7 Å². The fourth-order valence-electron chi connectivity index (χ4n) is 4.82. The Labute approximate surface area is 209 Å². The maximum atomic E-state index is 10.7. The minimum absolute atomic E-state index is 0.0665. The molecule has 35 heavy (non-hydrogen) atoms. The van der Waals surface area contributed by atoms with Gasteiger partial charge in [0.05, 0.1) is 6.10 Å². The predicted octanol–water partition coefficient (Wildman–Crippen LogP) is 5.28. The fourth-order valence-corrected chi connectivity index (χ4v) is 4.82. The third-order valence-corrected chi connectivity index (χ3v) is 7.45. The molecule has 0 unspecified atom stereocenters. The average Bonchev–Trinajstić information content (AvgIpc) is 2.81. The molecular formula is C30H38O5. The molecule has 1 fully saturated rings. The molecule has 0 amide bonds. The lowest BCUT2D eigenvalue weighted by molar-refractivity contribution is -0.137. The number of aryl methyl sites for hydroxylation is 2. The van der Waals surface area contributed by atoms with Crippen molar-refractivity contribution in [2.45, 2.75) is 89.8 Å². The van der Waals surface area contributed by atoms with Crippen LogP contribution < -0.4 is 4.74 Å². The summed E-state index contributed by atoms with van der Waals surface area (Å²) in [6, 6.07) is 12.6. The minimum Gasteiger partial charge on any atom is -0.491 e. The zero-order valence-electron chi connectivity index (χ0n) is 21.4. The van der Waals surface area contributed by atoms with Gasteiger partial charge in [0.25, 0.3) is 0 Å². The first-order valence-electron chi connectivity index (χ1n) is 12.6. The van der Waals surface area contributed by atoms with Crippen molar-refractivity contribution >= 4 is 5.97 Å². The van der Waals surface area contributed by atoms with Crippen LogP contribution in [-0.4, -0.2) is 39.6 Å². The first-order chi connectivity index (χ1) is 16.6. The topological polar surface area (TPSA) is 87.0 Å². The number of ether oxygens (including phenoxy) is 1. The Balaban J connectivity index is 1.82. The van der Waals surface area contributed by atoms with Gasteiger partial charge >= 0.3 is 5.97 Å². The van der Waals surface area contributed by atoms with E-state index in [1.807, 2.05) is 13.0 Å². The van der Waals surface area contributed by atoms with Crippen LogP contribution in [0.2, 0.25) is 0 Å². The smallest absolute Gasteiger partial charge is 0.303 e. The highest BCUT2D eigenvalue weighted by atomic mass is 16.5. The predicted molar refractivity (Wildman–Crippen MR) is 138 cm³/mol. The van der Waals surface area contributed by atoms with Crippen molar-refractivity contribution < 1.29 is 24.9 Å². The van der Waals surface area contributed by atoms with Gasteiger partial charge in [-0.15, -0.1) is 0 Å². The molecule has 0 heterocycles. The van der Waals surface area contributed by atoms with E-state index in [9.17, 15) is 15.0 Å². The molecule has 0 aliphatic heterocycles. The summed E-state index contributed by atoms with van der Waals surface area (Å²) in [5, 5.41) is 29.1. The standard InChI is InChI=1S/C30H38O5/c1-5-30(6-2,24-9-8-23(21(3)18-24)14-17-29(34)15-7-16-29)25-10-12-27(22(4)19-25)35-20-26(31)11-13-28(32)33/h8-10,12,18-19,26,31,34H,5-7,11,13,15-16,20H2,1-4H3,(H,32,33)/t26-/m0/s1. The molecule has 2 aromatic carbocycles. The summed E-state index contributed by atoms with van der Waals surface area (Å²) in [6.45, 7) is 8.55. The summed E-state index contributed by atoms with van der Waals surface area (Å²) < 4.78 is 5.80. The fraction of sp³-hybridized carbons (Fsp3) is 0.500. The summed E-state index contributed by atoms with van der Waals surface area (Å²) in [5.74, 6) is 6.03. The third kappa shape index (κ3) is 6.25. The molecular weight excluding hydrogens is 440 g/mol. The zero-order valence-corrected chi connectivity index (χ0v) is 21.4. The van der Waals surface area contributed by atoms with Crippen molar-refractivity contribution in [2.75, 3.05) is 6.61 Å². The average molecular weight is 479 g/mol. The second-order valence-corrected chi connectivity index (χ2v) is 9.83. The number of hydrogen-bond acceptors (Lipinski definition) is 4. The van der Waals surface area contributed by atoms with E-state index in [0.717, 1.165) is 48.8 Å². The Hall–Kier alpha value is -2.81. The van der Waals surface area contributed by atoms with Gasteiger partial charge in [-0.25, -0.2) is 0 Å².